The van der Waals surface area contributed by atoms with Gasteiger partial charge in [0, 0.05) is 22.7 Å². The molecule has 0 fully saturated rings. The normalized spacial score (nSPS) is 17.2. The van der Waals surface area contributed by atoms with Gasteiger partial charge < -0.3 is 10.0 Å². The van der Waals surface area contributed by atoms with Crippen LogP contribution in [-0.4, -0.2) is 24.9 Å². The van der Waals surface area contributed by atoms with E-state index in [4.69, 9.17) is 11.6 Å². The van der Waals surface area contributed by atoms with E-state index in [1.165, 1.54) is 9.78 Å². The van der Waals surface area contributed by atoms with E-state index >= 15 is 0 Å². The van der Waals surface area contributed by atoms with Crippen LogP contribution in [0.5, 0.6) is 5.75 Å². The third kappa shape index (κ3) is 3.29. The number of rotatable bonds is 2. The summed E-state index contributed by atoms with van der Waals surface area (Å²) in [5.41, 5.74) is 2.31. The Morgan fingerprint density at radius 3 is 3.04 bits per heavy atom. The standard InChI is InChI=1S/C16H13BrClN3OS/c1-21-3-2-11-12(6-19)16(23-14(11)8-21)20-7-9-4-10(17)5-13(18)15(9)22/h4-5,7,22H,2-3,8H2,1H3/p+1/b20-7+. The van der Waals surface area contributed by atoms with Crippen molar-refractivity contribution in [3.63, 3.8) is 0 Å². The van der Waals surface area contributed by atoms with E-state index in [0.717, 1.165) is 29.5 Å². The van der Waals surface area contributed by atoms with Crippen LogP contribution in [0.15, 0.2) is 21.6 Å². The SMILES string of the molecule is C[NH+]1CCc2c(sc(/N=C/c3cc(Br)cc(Cl)c3O)c2C#N)C1. The predicted octanol–water partition coefficient (Wildman–Crippen LogP) is 3.06. The summed E-state index contributed by atoms with van der Waals surface area (Å²) in [6, 6.07) is 5.64. The Balaban J connectivity index is 2.00. The summed E-state index contributed by atoms with van der Waals surface area (Å²) in [5, 5.41) is 20.4. The number of likely N-dealkylation sites (N-methyl/N-ethyl adjacent to an activating group) is 1. The highest BCUT2D eigenvalue weighted by molar-refractivity contribution is 9.10. The smallest absolute Gasteiger partial charge is 0.143 e. The summed E-state index contributed by atoms with van der Waals surface area (Å²) in [4.78, 5) is 7.11. The van der Waals surface area contributed by atoms with E-state index in [-0.39, 0.29) is 10.8 Å². The van der Waals surface area contributed by atoms with Gasteiger partial charge in [-0.3, -0.25) is 0 Å². The second kappa shape index (κ2) is 6.62. The van der Waals surface area contributed by atoms with E-state index in [1.807, 2.05) is 0 Å². The second-order valence-electron chi connectivity index (χ2n) is 5.51. The number of halogens is 2. The average Bonchev–Trinajstić information content (AvgIpc) is 2.85. The van der Waals surface area contributed by atoms with Crippen LogP contribution in [0.25, 0.3) is 0 Å². The molecule has 3 rings (SSSR count). The molecular weight excluding hydrogens is 398 g/mol. The fraction of sp³-hybridized carbons (Fsp3) is 0.250. The molecule has 1 aliphatic heterocycles. The molecule has 1 aliphatic rings. The molecule has 0 amide bonds. The molecule has 7 heteroatoms. The number of phenols is 1. The van der Waals surface area contributed by atoms with Gasteiger partial charge in [0.25, 0.3) is 0 Å². The number of nitrogens with one attached hydrogen (secondary N) is 1. The Morgan fingerprint density at radius 1 is 1.52 bits per heavy atom. The maximum atomic E-state index is 10.0. The van der Waals surface area contributed by atoms with Crippen molar-refractivity contribution in [1.29, 1.82) is 5.26 Å². The number of quaternary nitrogens is 1. The Morgan fingerprint density at radius 2 is 2.30 bits per heavy atom. The van der Waals surface area contributed by atoms with Crippen LogP contribution in [0.3, 0.4) is 0 Å². The minimum absolute atomic E-state index is 0.0115. The lowest BCUT2D eigenvalue weighted by Crippen LogP contribution is -3.08. The first kappa shape index (κ1) is 16.5. The molecule has 1 atom stereocenters. The van der Waals surface area contributed by atoms with Crippen molar-refractivity contribution in [3.05, 3.63) is 43.2 Å². The Bertz CT molecular complexity index is 841. The van der Waals surface area contributed by atoms with Crippen LogP contribution in [0, 0.1) is 11.3 Å². The maximum Gasteiger partial charge on any atom is 0.143 e. The van der Waals surface area contributed by atoms with E-state index in [2.05, 4.69) is 34.0 Å². The second-order valence-corrected chi connectivity index (χ2v) is 7.92. The van der Waals surface area contributed by atoms with E-state index < -0.39 is 0 Å². The molecule has 2 heterocycles. The van der Waals surface area contributed by atoms with Gasteiger partial charge in [0.1, 0.15) is 23.4 Å². The van der Waals surface area contributed by atoms with Crippen LogP contribution < -0.4 is 4.90 Å². The van der Waals surface area contributed by atoms with Gasteiger partial charge in [0.15, 0.2) is 0 Å². The van der Waals surface area contributed by atoms with Gasteiger partial charge in [-0.2, -0.15) is 5.26 Å². The lowest BCUT2D eigenvalue weighted by molar-refractivity contribution is -0.895. The highest BCUT2D eigenvalue weighted by Gasteiger charge is 2.24. The van der Waals surface area contributed by atoms with Crippen LogP contribution in [-0.2, 0) is 13.0 Å². The van der Waals surface area contributed by atoms with Crippen molar-refractivity contribution in [2.24, 2.45) is 4.99 Å². The number of benzene rings is 1. The van der Waals surface area contributed by atoms with Gasteiger partial charge in [-0.15, -0.1) is 11.3 Å². The first-order chi connectivity index (χ1) is 11.0. The van der Waals surface area contributed by atoms with Gasteiger partial charge in [0.05, 0.1) is 29.1 Å². The third-order valence-electron chi connectivity index (χ3n) is 3.83. The lowest BCUT2D eigenvalue weighted by Gasteiger charge is -2.18. The summed E-state index contributed by atoms with van der Waals surface area (Å²) in [6.07, 6.45) is 2.46. The van der Waals surface area contributed by atoms with Gasteiger partial charge >= 0.3 is 0 Å². The number of hydrogen-bond donors (Lipinski definition) is 2. The number of aliphatic imine (C=N–C) groups is 1. The lowest BCUT2D eigenvalue weighted by atomic mass is 10.0. The van der Waals surface area contributed by atoms with Gasteiger partial charge in [0.2, 0.25) is 0 Å². The van der Waals surface area contributed by atoms with Crippen LogP contribution in [0.4, 0.5) is 5.00 Å². The van der Waals surface area contributed by atoms with Crippen molar-refractivity contribution in [2.75, 3.05) is 13.6 Å². The summed E-state index contributed by atoms with van der Waals surface area (Å²) in [5.74, 6) is -0.0115. The number of hydrogen-bond acceptors (Lipinski definition) is 4. The monoisotopic (exact) mass is 410 g/mol. The number of aromatic hydroxyl groups is 1. The van der Waals surface area contributed by atoms with E-state index in [1.54, 1.807) is 29.7 Å². The molecule has 0 bridgehead atoms. The quantitative estimate of drug-likeness (QED) is 0.746. The van der Waals surface area contributed by atoms with Crippen molar-refractivity contribution < 1.29 is 10.0 Å². The molecule has 0 saturated heterocycles. The van der Waals surface area contributed by atoms with Crippen LogP contribution in [0.1, 0.15) is 21.6 Å². The fourth-order valence-corrected chi connectivity index (χ4v) is 4.71. The average molecular weight is 412 g/mol. The first-order valence-corrected chi connectivity index (χ1v) is 9.06. The van der Waals surface area contributed by atoms with E-state index in [0.29, 0.717) is 16.1 Å². The molecule has 0 saturated carbocycles. The van der Waals surface area contributed by atoms with Crippen molar-refractivity contribution >= 4 is 50.1 Å². The molecule has 23 heavy (non-hydrogen) atoms. The predicted molar refractivity (Wildman–Crippen MR) is 96.3 cm³/mol. The summed E-state index contributed by atoms with van der Waals surface area (Å²) >= 11 is 10.9. The molecular formula is C16H14BrClN3OS+. The number of nitriles is 1. The zero-order valence-electron chi connectivity index (χ0n) is 12.4. The molecule has 0 aliphatic carbocycles. The summed E-state index contributed by atoms with van der Waals surface area (Å²) in [6.45, 7) is 1.96. The van der Waals surface area contributed by atoms with Gasteiger partial charge in [-0.25, -0.2) is 4.99 Å². The van der Waals surface area contributed by atoms with Gasteiger partial charge in [-0.05, 0) is 17.7 Å². The number of fused-ring (bicyclic) bond motifs is 1. The van der Waals surface area contributed by atoms with Crippen LogP contribution >= 0.6 is 38.9 Å². The molecule has 0 spiro atoms. The zero-order chi connectivity index (χ0) is 16.6. The van der Waals surface area contributed by atoms with Crippen molar-refractivity contribution in [1.82, 2.24) is 0 Å². The highest BCUT2D eigenvalue weighted by Crippen LogP contribution is 2.37. The summed E-state index contributed by atoms with van der Waals surface area (Å²) < 4.78 is 0.762. The number of thiophene rings is 1. The fourth-order valence-electron chi connectivity index (χ4n) is 2.62. The number of phenolic OH excluding ortho intramolecular Hbond substituents is 1. The molecule has 2 aromatic rings. The minimum Gasteiger partial charge on any atom is -0.506 e. The third-order valence-corrected chi connectivity index (χ3v) is 5.71. The molecule has 1 aromatic heterocycles. The first-order valence-electron chi connectivity index (χ1n) is 7.07. The highest BCUT2D eigenvalue weighted by atomic mass is 79.9. The largest absolute Gasteiger partial charge is 0.506 e. The maximum absolute atomic E-state index is 10.0. The Hall–Kier alpha value is -1.39. The molecule has 2 N–H and O–H groups in total. The molecule has 118 valence electrons. The van der Waals surface area contributed by atoms with Crippen LogP contribution in [0.2, 0.25) is 5.02 Å². The van der Waals surface area contributed by atoms with Gasteiger partial charge in [-0.1, -0.05) is 27.5 Å². The van der Waals surface area contributed by atoms with Crippen molar-refractivity contribution in [2.45, 2.75) is 13.0 Å². The number of nitrogens with zero attached hydrogens (tertiary/aromatic N) is 2. The Kier molecular flexibility index (Phi) is 4.74. The van der Waals surface area contributed by atoms with E-state index in [9.17, 15) is 10.4 Å². The molecule has 1 unspecified atom stereocenters. The minimum atomic E-state index is -0.0115. The zero-order valence-corrected chi connectivity index (χ0v) is 15.5. The molecule has 0 radical (unpaired) electrons. The topological polar surface area (TPSA) is 60.8 Å². The molecule has 4 nitrogen and oxygen atoms in total. The summed E-state index contributed by atoms with van der Waals surface area (Å²) in [7, 11) is 2.15. The Labute approximate surface area is 151 Å². The molecule has 1 aromatic carbocycles. The van der Waals surface area contributed by atoms with Crippen molar-refractivity contribution in [3.8, 4) is 11.8 Å².